The number of allylic oxidation sites excluding steroid dienone is 7. The SMILES string of the molecule is CCCC/C=C/CC/C=C/C(O)C(CS(=O)(=O)O)NC(=O)C(O)CCCCCCCC/C=C\C/C=C\CCCCCCCCCCC. The van der Waals surface area contributed by atoms with Crippen LogP contribution in [0, 0.1) is 0 Å². The first kappa shape index (κ1) is 45.3. The average Bonchev–Trinajstić information content (AvgIpc) is 3.03. The maximum absolute atomic E-state index is 12.5. The molecule has 0 bridgehead atoms. The van der Waals surface area contributed by atoms with Crippen molar-refractivity contribution in [3.05, 3.63) is 48.6 Å². The molecule has 0 aromatic rings. The first-order chi connectivity index (χ1) is 22.7. The lowest BCUT2D eigenvalue weighted by molar-refractivity contribution is -0.130. The highest BCUT2D eigenvalue weighted by Crippen LogP contribution is 2.13. The molecule has 0 saturated carbocycles. The van der Waals surface area contributed by atoms with Gasteiger partial charge in [-0.15, -0.1) is 0 Å². The first-order valence-electron chi connectivity index (χ1n) is 18.9. The molecule has 0 aliphatic rings. The number of aliphatic hydroxyl groups excluding tert-OH is 2. The molecular weight excluding hydrogens is 610 g/mol. The molecule has 3 atom stereocenters. The van der Waals surface area contributed by atoms with E-state index in [0.29, 0.717) is 12.8 Å². The Kier molecular flexibility index (Phi) is 31.6. The Bertz CT molecular complexity index is 943. The van der Waals surface area contributed by atoms with Crippen molar-refractivity contribution in [2.24, 2.45) is 0 Å². The number of unbranched alkanes of at least 4 members (excludes halogenated alkanes) is 18. The van der Waals surface area contributed by atoms with Gasteiger partial charge in [0.05, 0.1) is 17.9 Å². The molecular formula is C39H71NO6S. The summed E-state index contributed by atoms with van der Waals surface area (Å²) in [6.45, 7) is 4.40. The first-order valence-corrected chi connectivity index (χ1v) is 20.6. The number of nitrogens with one attached hydrogen (secondary N) is 1. The van der Waals surface area contributed by atoms with Crippen LogP contribution in [0.25, 0.3) is 0 Å². The van der Waals surface area contributed by atoms with Crippen LogP contribution in [-0.2, 0) is 14.9 Å². The molecule has 0 saturated heterocycles. The van der Waals surface area contributed by atoms with Gasteiger partial charge in [-0.3, -0.25) is 9.35 Å². The highest BCUT2D eigenvalue weighted by Gasteiger charge is 2.27. The zero-order chi connectivity index (χ0) is 34.9. The van der Waals surface area contributed by atoms with E-state index in [-0.39, 0.29) is 6.42 Å². The predicted molar refractivity (Wildman–Crippen MR) is 199 cm³/mol. The van der Waals surface area contributed by atoms with E-state index in [1.807, 2.05) is 0 Å². The van der Waals surface area contributed by atoms with Gasteiger partial charge in [-0.2, -0.15) is 8.42 Å². The molecule has 0 heterocycles. The molecule has 0 spiro atoms. The molecule has 8 heteroatoms. The van der Waals surface area contributed by atoms with E-state index in [4.69, 9.17) is 0 Å². The van der Waals surface area contributed by atoms with E-state index in [0.717, 1.165) is 70.6 Å². The summed E-state index contributed by atoms with van der Waals surface area (Å²) in [6.07, 6.45) is 40.5. The van der Waals surface area contributed by atoms with Crippen molar-refractivity contribution >= 4 is 16.0 Å². The quantitative estimate of drug-likeness (QED) is 0.0311. The fourth-order valence-corrected chi connectivity index (χ4v) is 6.10. The van der Waals surface area contributed by atoms with Crippen LogP contribution in [0.3, 0.4) is 0 Å². The Morgan fingerprint density at radius 1 is 0.596 bits per heavy atom. The van der Waals surface area contributed by atoms with Crippen LogP contribution >= 0.6 is 0 Å². The van der Waals surface area contributed by atoms with E-state index in [9.17, 15) is 28.0 Å². The van der Waals surface area contributed by atoms with Crippen molar-refractivity contribution in [1.82, 2.24) is 5.32 Å². The third kappa shape index (κ3) is 32.6. The van der Waals surface area contributed by atoms with Crippen molar-refractivity contribution in [1.29, 1.82) is 0 Å². The van der Waals surface area contributed by atoms with E-state index < -0.39 is 40.0 Å². The van der Waals surface area contributed by atoms with Crippen LogP contribution in [0.15, 0.2) is 48.6 Å². The molecule has 0 aliphatic carbocycles. The average molecular weight is 682 g/mol. The number of hydrogen-bond acceptors (Lipinski definition) is 5. The number of hydrogen-bond donors (Lipinski definition) is 4. The maximum Gasteiger partial charge on any atom is 0.267 e. The summed E-state index contributed by atoms with van der Waals surface area (Å²) in [6, 6.07) is -1.25. The molecule has 7 nitrogen and oxygen atoms in total. The van der Waals surface area contributed by atoms with Gasteiger partial charge in [-0.05, 0) is 57.8 Å². The summed E-state index contributed by atoms with van der Waals surface area (Å²) >= 11 is 0. The molecule has 1 amide bonds. The minimum atomic E-state index is -4.45. The lowest BCUT2D eigenvalue weighted by atomic mass is 10.0. The van der Waals surface area contributed by atoms with Crippen molar-refractivity contribution in [2.45, 2.75) is 186 Å². The zero-order valence-corrected chi connectivity index (χ0v) is 30.8. The molecule has 0 fully saturated rings. The van der Waals surface area contributed by atoms with Gasteiger partial charge in [-0.1, -0.05) is 159 Å². The summed E-state index contributed by atoms with van der Waals surface area (Å²) in [5.41, 5.74) is 0. The molecule has 0 aromatic carbocycles. The van der Waals surface area contributed by atoms with Crippen LogP contribution in [0.4, 0.5) is 0 Å². The Morgan fingerprint density at radius 3 is 1.60 bits per heavy atom. The Balaban J connectivity index is 3.99. The zero-order valence-electron chi connectivity index (χ0n) is 30.0. The fourth-order valence-electron chi connectivity index (χ4n) is 5.37. The summed E-state index contributed by atoms with van der Waals surface area (Å²) in [4.78, 5) is 12.5. The Morgan fingerprint density at radius 2 is 1.04 bits per heavy atom. The molecule has 4 N–H and O–H groups in total. The molecule has 3 unspecified atom stereocenters. The topological polar surface area (TPSA) is 124 Å². The Hall–Kier alpha value is -1.74. The molecule has 0 radical (unpaired) electrons. The van der Waals surface area contributed by atoms with Crippen molar-refractivity contribution in [3.63, 3.8) is 0 Å². The highest BCUT2D eigenvalue weighted by atomic mass is 32.2. The van der Waals surface area contributed by atoms with E-state index >= 15 is 0 Å². The molecule has 274 valence electrons. The number of carbonyl (C=O) groups is 1. The van der Waals surface area contributed by atoms with E-state index in [1.54, 1.807) is 6.08 Å². The minimum absolute atomic E-state index is 0.260. The normalized spacial score (nSPS) is 14.6. The van der Waals surface area contributed by atoms with Crippen LogP contribution in [0.5, 0.6) is 0 Å². The fraction of sp³-hybridized carbons (Fsp3) is 0.769. The molecule has 0 rings (SSSR count). The summed E-state index contributed by atoms with van der Waals surface area (Å²) in [5.74, 6) is -1.57. The van der Waals surface area contributed by atoms with E-state index in [2.05, 4.69) is 55.6 Å². The number of carbonyl (C=O) groups excluding carboxylic acids is 1. The van der Waals surface area contributed by atoms with Gasteiger partial charge >= 0.3 is 0 Å². The third-order valence-corrected chi connectivity index (χ3v) is 9.12. The second-order valence-electron chi connectivity index (χ2n) is 13.0. The van der Waals surface area contributed by atoms with Gasteiger partial charge < -0.3 is 15.5 Å². The molecule has 0 aromatic heterocycles. The third-order valence-electron chi connectivity index (χ3n) is 8.34. The van der Waals surface area contributed by atoms with Gasteiger partial charge in [0.2, 0.25) is 5.91 Å². The van der Waals surface area contributed by atoms with E-state index in [1.165, 1.54) is 70.3 Å². The number of amides is 1. The smallest absolute Gasteiger partial charge is 0.267 e. The van der Waals surface area contributed by atoms with Crippen LogP contribution in [0.1, 0.15) is 168 Å². The molecule has 0 aliphatic heterocycles. The number of aliphatic hydroxyl groups is 2. The lowest BCUT2D eigenvalue weighted by Crippen LogP contribution is -2.50. The van der Waals surface area contributed by atoms with Gasteiger partial charge in [0, 0.05) is 0 Å². The van der Waals surface area contributed by atoms with Gasteiger partial charge in [0.25, 0.3) is 10.1 Å². The Labute approximate surface area is 289 Å². The van der Waals surface area contributed by atoms with Crippen molar-refractivity contribution in [3.8, 4) is 0 Å². The summed E-state index contributed by atoms with van der Waals surface area (Å²) < 4.78 is 32.2. The second kappa shape index (κ2) is 32.8. The summed E-state index contributed by atoms with van der Waals surface area (Å²) in [5, 5.41) is 23.2. The standard InChI is InChI=1S/C39H71NO6S/c1-3-5-7-9-11-13-14-15-16-17-18-19-20-21-22-23-24-25-26-28-30-32-34-38(42)39(43)40-36(35-47(44,45)46)37(41)33-31-29-27-12-10-8-6-4-2/h10,12,18-19,21-22,31,33,36-38,41-42H,3-9,11,13-17,20,23-30,32,34-35H2,1-2H3,(H,40,43)(H,44,45,46)/b12-10+,19-18-,22-21-,33-31+. The van der Waals surface area contributed by atoms with Crippen molar-refractivity contribution in [2.75, 3.05) is 5.75 Å². The van der Waals surface area contributed by atoms with Crippen LogP contribution in [-0.4, -0.2) is 53.1 Å². The minimum Gasteiger partial charge on any atom is -0.387 e. The second-order valence-corrected chi connectivity index (χ2v) is 14.5. The van der Waals surface area contributed by atoms with Gasteiger partial charge in [0.1, 0.15) is 6.10 Å². The monoisotopic (exact) mass is 682 g/mol. The van der Waals surface area contributed by atoms with Crippen LogP contribution < -0.4 is 5.32 Å². The van der Waals surface area contributed by atoms with Crippen molar-refractivity contribution < 1.29 is 28.0 Å². The number of rotatable bonds is 33. The lowest BCUT2D eigenvalue weighted by Gasteiger charge is -2.22. The summed E-state index contributed by atoms with van der Waals surface area (Å²) in [7, 11) is -4.45. The van der Waals surface area contributed by atoms with Gasteiger partial charge in [-0.25, -0.2) is 0 Å². The molecule has 47 heavy (non-hydrogen) atoms. The largest absolute Gasteiger partial charge is 0.387 e. The van der Waals surface area contributed by atoms with Crippen LogP contribution in [0.2, 0.25) is 0 Å². The predicted octanol–water partition coefficient (Wildman–Crippen LogP) is 9.71. The maximum atomic E-state index is 12.5. The van der Waals surface area contributed by atoms with Gasteiger partial charge in [0.15, 0.2) is 0 Å². The highest BCUT2D eigenvalue weighted by molar-refractivity contribution is 7.85.